The molecule has 1 unspecified atom stereocenters. The van der Waals surface area contributed by atoms with E-state index in [0.29, 0.717) is 10.6 Å². The standard InChI is InChI=1S/C42H35N2O2P2/c1-3-16-38(31-43-2)48(46,35-23-14-7-15-24-35)37-26-28-42-40(30-37)39-29-36(25-27-41(39)44(42)32-17-8-4-9-18-32)47(45,33-19-10-5-11-20-33)34-21-12-6-13-22-34/h3-31,45H,2H2,1H3/q+1/b16-3-,38-31+. The zero-order valence-electron chi connectivity index (χ0n) is 26.6. The maximum absolute atomic E-state index is 15.5. The fourth-order valence-electron chi connectivity index (χ4n) is 6.57. The van der Waals surface area contributed by atoms with Crippen LogP contribution in [0, 0.1) is 0 Å². The van der Waals surface area contributed by atoms with Crippen LogP contribution in [-0.4, -0.2) is 16.2 Å². The number of aliphatic imine (C=N–C) groups is 1. The molecule has 7 aromatic rings. The SMILES string of the molecule is C=N/C=C(\C=C/C)P(=O)(c1ccccc1)c1ccc2c(c1)c1cc([P+](O)(c3ccccc3)c3ccccc3)ccc1n2-c1ccccc1. The fraction of sp³-hybridized carbons (Fsp3) is 0.0238. The van der Waals surface area contributed by atoms with Gasteiger partial charge in [-0.05, 0) is 86.4 Å². The highest BCUT2D eigenvalue weighted by Gasteiger charge is 2.44. The Morgan fingerprint density at radius 3 is 1.75 bits per heavy atom. The predicted octanol–water partition coefficient (Wildman–Crippen LogP) is 8.42. The monoisotopic (exact) mass is 661 g/mol. The molecule has 1 N–H and O–H groups in total. The molecule has 0 saturated heterocycles. The van der Waals surface area contributed by atoms with Gasteiger partial charge in [0.15, 0.2) is 7.14 Å². The zero-order valence-corrected chi connectivity index (χ0v) is 28.4. The third kappa shape index (κ3) is 5.29. The average molecular weight is 662 g/mol. The van der Waals surface area contributed by atoms with Crippen LogP contribution in [0.3, 0.4) is 0 Å². The molecular weight excluding hydrogens is 626 g/mol. The molecule has 234 valence electrons. The normalized spacial score (nSPS) is 13.6. The van der Waals surface area contributed by atoms with Crippen molar-refractivity contribution in [3.63, 3.8) is 0 Å². The van der Waals surface area contributed by atoms with Crippen LogP contribution >= 0.6 is 14.6 Å². The van der Waals surface area contributed by atoms with Crippen LogP contribution in [0.4, 0.5) is 0 Å². The van der Waals surface area contributed by atoms with E-state index in [2.05, 4.69) is 58.7 Å². The topological polar surface area (TPSA) is 54.6 Å². The van der Waals surface area contributed by atoms with Gasteiger partial charge in [-0.3, -0.25) is 4.99 Å². The lowest BCUT2D eigenvalue weighted by Crippen LogP contribution is -2.30. The maximum atomic E-state index is 15.5. The Morgan fingerprint density at radius 1 is 0.667 bits per heavy atom. The Labute approximate surface area is 281 Å². The highest BCUT2D eigenvalue weighted by molar-refractivity contribution is 7.91. The molecule has 0 bridgehead atoms. The molecule has 7 rings (SSSR count). The van der Waals surface area contributed by atoms with Crippen molar-refractivity contribution in [2.75, 3.05) is 0 Å². The molecule has 48 heavy (non-hydrogen) atoms. The van der Waals surface area contributed by atoms with Gasteiger partial charge in [-0.1, -0.05) is 97.1 Å². The van der Waals surface area contributed by atoms with Crippen molar-refractivity contribution in [2.24, 2.45) is 4.99 Å². The van der Waals surface area contributed by atoms with E-state index in [9.17, 15) is 4.89 Å². The Bertz CT molecular complexity index is 2310. The van der Waals surface area contributed by atoms with Gasteiger partial charge in [-0.2, -0.15) is 0 Å². The lowest BCUT2D eigenvalue weighted by molar-refractivity contribution is 0.591. The average Bonchev–Trinajstić information content (AvgIpc) is 3.48. The Morgan fingerprint density at radius 2 is 1.19 bits per heavy atom. The molecule has 1 aromatic heterocycles. The molecule has 1 atom stereocenters. The second-order valence-corrected chi connectivity index (χ2v) is 17.1. The second-order valence-electron chi connectivity index (χ2n) is 11.6. The predicted molar refractivity (Wildman–Crippen MR) is 207 cm³/mol. The summed E-state index contributed by atoms with van der Waals surface area (Å²) in [4.78, 5) is 16.9. The van der Waals surface area contributed by atoms with Crippen molar-refractivity contribution < 1.29 is 9.46 Å². The summed E-state index contributed by atoms with van der Waals surface area (Å²) in [5.41, 5.74) is 3.00. The lowest BCUT2D eigenvalue weighted by Gasteiger charge is -2.21. The number of aromatic nitrogens is 1. The Balaban J connectivity index is 1.56. The van der Waals surface area contributed by atoms with Crippen LogP contribution in [0.1, 0.15) is 6.92 Å². The van der Waals surface area contributed by atoms with Crippen molar-refractivity contribution in [2.45, 2.75) is 6.92 Å². The first-order chi connectivity index (χ1) is 23.5. The van der Waals surface area contributed by atoms with Crippen LogP contribution in [0.5, 0.6) is 0 Å². The molecule has 0 radical (unpaired) electrons. The molecule has 0 aliphatic heterocycles. The molecule has 1 heterocycles. The summed E-state index contributed by atoms with van der Waals surface area (Å²) in [5, 5.41) is 6.55. The van der Waals surface area contributed by atoms with Gasteiger partial charge in [0.05, 0.1) is 11.0 Å². The van der Waals surface area contributed by atoms with Crippen LogP contribution in [0.2, 0.25) is 0 Å². The number of para-hydroxylation sites is 1. The molecule has 0 spiro atoms. The van der Waals surface area contributed by atoms with Gasteiger partial charge < -0.3 is 9.13 Å². The van der Waals surface area contributed by atoms with E-state index in [-0.39, 0.29) is 0 Å². The van der Waals surface area contributed by atoms with E-state index >= 15 is 4.57 Å². The van der Waals surface area contributed by atoms with Gasteiger partial charge in [0.25, 0.3) is 0 Å². The molecule has 0 aliphatic rings. The summed E-state index contributed by atoms with van der Waals surface area (Å²) < 4.78 is 17.7. The fourth-order valence-corrected chi connectivity index (χ4v) is 12.0. The molecule has 6 aromatic carbocycles. The van der Waals surface area contributed by atoms with Crippen molar-refractivity contribution >= 4 is 69.7 Å². The summed E-state index contributed by atoms with van der Waals surface area (Å²) in [7, 11) is -6.36. The second kappa shape index (κ2) is 13.2. The summed E-state index contributed by atoms with van der Waals surface area (Å²) in [6, 6.07) is 52.2. The minimum absolute atomic E-state index is 0.603. The number of benzene rings is 6. The van der Waals surface area contributed by atoms with Crippen LogP contribution < -0.4 is 26.5 Å². The smallest absolute Gasteiger partial charge is 0.238 e. The first-order valence-corrected chi connectivity index (χ1v) is 19.3. The van der Waals surface area contributed by atoms with Gasteiger partial charge in [0.2, 0.25) is 7.49 Å². The zero-order chi connectivity index (χ0) is 33.1. The molecule has 0 fully saturated rings. The largest absolute Gasteiger partial charge is 0.309 e. The summed E-state index contributed by atoms with van der Waals surface area (Å²) in [5.74, 6) is 0. The van der Waals surface area contributed by atoms with Crippen molar-refractivity contribution in [1.82, 2.24) is 4.57 Å². The Hall–Kier alpha value is -5.11. The number of hydrogen-bond acceptors (Lipinski definition) is 3. The van der Waals surface area contributed by atoms with Crippen molar-refractivity contribution in [3.05, 3.63) is 181 Å². The number of nitrogens with zero attached hydrogens (tertiary/aromatic N) is 2. The van der Waals surface area contributed by atoms with Gasteiger partial charge >= 0.3 is 0 Å². The lowest BCUT2D eigenvalue weighted by atomic mass is 10.1. The molecular formula is C42H35N2O2P2+. The van der Waals surface area contributed by atoms with Crippen LogP contribution in [0.15, 0.2) is 186 Å². The number of rotatable bonds is 9. The summed E-state index contributed by atoms with van der Waals surface area (Å²) in [6.07, 6.45) is 5.35. The first-order valence-electron chi connectivity index (χ1n) is 15.8. The van der Waals surface area contributed by atoms with Crippen molar-refractivity contribution in [1.29, 1.82) is 0 Å². The quantitative estimate of drug-likeness (QED) is 0.0960. The Kier molecular flexibility index (Phi) is 8.65. The van der Waals surface area contributed by atoms with E-state index in [4.69, 9.17) is 0 Å². The highest BCUT2D eigenvalue weighted by atomic mass is 31.2. The van der Waals surface area contributed by atoms with Crippen LogP contribution in [-0.2, 0) is 4.57 Å². The molecule has 0 aliphatic carbocycles. The van der Waals surface area contributed by atoms with E-state index in [1.165, 1.54) is 0 Å². The summed E-state index contributed by atoms with van der Waals surface area (Å²) in [6.45, 7) is 5.60. The highest BCUT2D eigenvalue weighted by Crippen LogP contribution is 2.54. The number of fused-ring (bicyclic) bond motifs is 3. The molecule has 4 nitrogen and oxygen atoms in total. The molecule has 6 heteroatoms. The van der Waals surface area contributed by atoms with E-state index in [1.807, 2.05) is 134 Å². The van der Waals surface area contributed by atoms with E-state index in [0.717, 1.165) is 48.7 Å². The summed E-state index contributed by atoms with van der Waals surface area (Å²) >= 11 is 0. The van der Waals surface area contributed by atoms with Gasteiger partial charge in [0, 0.05) is 38.6 Å². The first kappa shape index (κ1) is 31.5. The number of allylic oxidation sites excluding steroid dienone is 3. The third-order valence-electron chi connectivity index (χ3n) is 8.79. The minimum Gasteiger partial charge on any atom is -0.309 e. The molecule has 0 saturated carbocycles. The van der Waals surface area contributed by atoms with Gasteiger partial charge in [0.1, 0.15) is 15.9 Å². The third-order valence-corrected chi connectivity index (χ3v) is 14.9. The van der Waals surface area contributed by atoms with Gasteiger partial charge in [-0.15, -0.1) is 0 Å². The maximum Gasteiger partial charge on any atom is 0.238 e. The van der Waals surface area contributed by atoms with Crippen LogP contribution in [0.25, 0.3) is 27.5 Å². The van der Waals surface area contributed by atoms with Gasteiger partial charge in [-0.25, -0.2) is 4.89 Å². The minimum atomic E-state index is -3.36. The van der Waals surface area contributed by atoms with E-state index < -0.39 is 14.6 Å². The molecule has 0 amide bonds. The van der Waals surface area contributed by atoms with Crippen molar-refractivity contribution in [3.8, 4) is 5.69 Å². The van der Waals surface area contributed by atoms with E-state index in [1.54, 1.807) is 6.20 Å². The number of hydrogen-bond donors (Lipinski definition) is 1.